The molecule has 2 fully saturated rings. The summed E-state index contributed by atoms with van der Waals surface area (Å²) in [7, 11) is 1.56. The van der Waals surface area contributed by atoms with Gasteiger partial charge in [-0.2, -0.15) is 15.5 Å². The monoisotopic (exact) mass is 484 g/mol. The molecule has 2 aliphatic heterocycles. The Morgan fingerprint density at radius 3 is 2.61 bits per heavy atom. The molecule has 0 atom stereocenters. The average Bonchev–Trinajstić information content (AvgIpc) is 3.55. The van der Waals surface area contributed by atoms with Crippen LogP contribution in [0.3, 0.4) is 0 Å². The lowest BCUT2D eigenvalue weighted by Crippen LogP contribution is -2.68. The third-order valence-electron chi connectivity index (χ3n) is 6.98. The number of aromatic nitrogens is 4. The van der Waals surface area contributed by atoms with Gasteiger partial charge in [-0.15, -0.1) is 0 Å². The van der Waals surface area contributed by atoms with Crippen molar-refractivity contribution in [2.24, 2.45) is 0 Å². The highest BCUT2D eigenvalue weighted by Gasteiger charge is 2.59. The smallest absolute Gasteiger partial charge is 0.343 e. The number of ether oxygens (including phenoxy) is 1. The molecule has 11 nitrogen and oxygen atoms in total. The van der Waals surface area contributed by atoms with Crippen LogP contribution in [0.15, 0.2) is 43.5 Å². The quantitative estimate of drug-likeness (QED) is 0.404. The molecule has 0 radical (unpaired) electrons. The predicted molar refractivity (Wildman–Crippen MR) is 129 cm³/mol. The van der Waals surface area contributed by atoms with Crippen molar-refractivity contribution in [3.05, 3.63) is 60.5 Å². The minimum absolute atomic E-state index is 0.114. The van der Waals surface area contributed by atoms with Gasteiger partial charge in [0, 0.05) is 36.6 Å². The van der Waals surface area contributed by atoms with E-state index in [4.69, 9.17) is 11.3 Å². The average molecular weight is 485 g/mol. The molecule has 0 spiro atoms. The third-order valence-corrected chi connectivity index (χ3v) is 6.98. The molecule has 0 unspecified atom stereocenters. The van der Waals surface area contributed by atoms with Crippen LogP contribution >= 0.6 is 0 Å². The lowest BCUT2D eigenvalue weighted by molar-refractivity contribution is -0.147. The summed E-state index contributed by atoms with van der Waals surface area (Å²) in [5.74, 6) is 0.0888. The van der Waals surface area contributed by atoms with Crippen molar-refractivity contribution in [3.8, 4) is 22.9 Å². The summed E-state index contributed by atoms with van der Waals surface area (Å²) >= 11 is 0. The molecule has 2 saturated heterocycles. The molecule has 11 heteroatoms. The first-order valence-electron chi connectivity index (χ1n) is 11.5. The highest BCUT2D eigenvalue weighted by Crippen LogP contribution is 2.33. The second-order valence-corrected chi connectivity index (χ2v) is 9.03. The Morgan fingerprint density at radius 1 is 1.22 bits per heavy atom. The molecule has 0 aromatic carbocycles. The van der Waals surface area contributed by atoms with E-state index in [9.17, 15) is 14.9 Å². The van der Waals surface area contributed by atoms with Crippen molar-refractivity contribution in [1.82, 2.24) is 29.2 Å². The number of pyridine rings is 1. The maximum Gasteiger partial charge on any atom is 0.343 e. The van der Waals surface area contributed by atoms with Gasteiger partial charge >= 0.3 is 11.4 Å². The second kappa shape index (κ2) is 8.86. The predicted octanol–water partition coefficient (Wildman–Crippen LogP) is 1.93. The molecular formula is C25H24N8O3. The Bertz CT molecular complexity index is 1440. The van der Waals surface area contributed by atoms with Crippen LogP contribution in [0, 0.1) is 17.9 Å². The Labute approximate surface area is 207 Å². The molecule has 5 heterocycles. The summed E-state index contributed by atoms with van der Waals surface area (Å²) in [6.45, 7) is 12.3. The van der Waals surface area contributed by atoms with Crippen LogP contribution in [-0.2, 0) is 9.59 Å². The minimum Gasteiger partial charge on any atom is -0.494 e. The summed E-state index contributed by atoms with van der Waals surface area (Å²) < 4.78 is 9.04. The summed E-state index contributed by atoms with van der Waals surface area (Å²) in [5, 5.41) is 18.1. The minimum atomic E-state index is -1.18. The van der Waals surface area contributed by atoms with Gasteiger partial charge in [0.1, 0.15) is 36.0 Å². The van der Waals surface area contributed by atoms with E-state index in [0.717, 1.165) is 11.1 Å². The lowest BCUT2D eigenvalue weighted by atomic mass is 9.88. The second-order valence-electron chi connectivity index (χ2n) is 9.03. The van der Waals surface area contributed by atoms with Gasteiger partial charge in [0.15, 0.2) is 0 Å². The molecule has 5 rings (SSSR count). The molecule has 0 saturated carbocycles. The maximum atomic E-state index is 13.1. The summed E-state index contributed by atoms with van der Waals surface area (Å²) in [5.41, 5.74) is 1.62. The first-order valence-corrected chi connectivity index (χ1v) is 11.5. The third kappa shape index (κ3) is 3.66. The number of rotatable bonds is 5. The van der Waals surface area contributed by atoms with Gasteiger partial charge in [-0.25, -0.2) is 11.1 Å². The van der Waals surface area contributed by atoms with E-state index in [1.165, 1.54) is 17.2 Å². The molecule has 182 valence electrons. The Balaban J connectivity index is 1.27. The fraction of sp³-hybridized carbons (Fsp3) is 0.360. The summed E-state index contributed by atoms with van der Waals surface area (Å²) in [6.07, 6.45) is 9.71. The highest BCUT2D eigenvalue weighted by atomic mass is 16.5. The van der Waals surface area contributed by atoms with Crippen LogP contribution in [0.5, 0.6) is 5.75 Å². The van der Waals surface area contributed by atoms with Crippen molar-refractivity contribution >= 4 is 17.3 Å². The van der Waals surface area contributed by atoms with Gasteiger partial charge in [-0.05, 0) is 25.0 Å². The molecule has 0 bridgehead atoms. The molecule has 2 aliphatic rings. The number of nitrogens with zero attached hydrogens (tertiary/aromatic N) is 8. The van der Waals surface area contributed by atoms with Gasteiger partial charge in [0.2, 0.25) is 5.91 Å². The number of hydrogen-bond acceptors (Lipinski definition) is 6. The zero-order chi connectivity index (χ0) is 25.4. The molecule has 0 N–H and O–H groups in total. The molecule has 36 heavy (non-hydrogen) atoms. The van der Waals surface area contributed by atoms with E-state index in [0.29, 0.717) is 42.8 Å². The Morgan fingerprint density at radius 2 is 1.97 bits per heavy atom. The maximum absolute atomic E-state index is 13.1. The van der Waals surface area contributed by atoms with E-state index in [1.54, 1.807) is 22.7 Å². The lowest BCUT2D eigenvalue weighted by Gasteiger charge is -2.42. The zero-order valence-corrected chi connectivity index (χ0v) is 19.8. The number of nitriles is 1. The van der Waals surface area contributed by atoms with Crippen molar-refractivity contribution in [3.63, 3.8) is 0 Å². The van der Waals surface area contributed by atoms with Crippen LogP contribution < -0.4 is 4.74 Å². The van der Waals surface area contributed by atoms with Gasteiger partial charge in [0.25, 0.3) is 0 Å². The SMILES string of the molecule is [C-]#[N+]C1(C(=O)N2CCC(n3cc(-c4cc(OC)c5c(C#N)cnn5c4)cn3)CC2)CN(C(=O)C=C)C1. The molecule has 0 aliphatic carbocycles. The van der Waals surface area contributed by atoms with Crippen LogP contribution in [0.25, 0.3) is 21.5 Å². The molecular weight excluding hydrogens is 460 g/mol. The van der Waals surface area contributed by atoms with E-state index < -0.39 is 5.54 Å². The topological polar surface area (TPSA) is 113 Å². The number of methoxy groups -OCH3 is 1. The fourth-order valence-corrected chi connectivity index (χ4v) is 4.92. The van der Waals surface area contributed by atoms with Crippen molar-refractivity contribution in [1.29, 1.82) is 5.26 Å². The number of hydrogen-bond donors (Lipinski definition) is 0. The van der Waals surface area contributed by atoms with Crippen LogP contribution in [-0.4, -0.2) is 79.8 Å². The van der Waals surface area contributed by atoms with Gasteiger partial charge in [-0.1, -0.05) is 6.58 Å². The molecule has 3 aromatic heterocycles. The zero-order valence-electron chi connectivity index (χ0n) is 19.8. The van der Waals surface area contributed by atoms with Gasteiger partial charge in [0.05, 0.1) is 25.5 Å². The van der Waals surface area contributed by atoms with E-state index in [-0.39, 0.29) is 30.9 Å². The summed E-state index contributed by atoms with van der Waals surface area (Å²) in [6, 6.07) is 4.11. The van der Waals surface area contributed by atoms with Crippen molar-refractivity contribution < 1.29 is 14.3 Å². The molecule has 3 aromatic rings. The van der Waals surface area contributed by atoms with Crippen LogP contribution in [0.2, 0.25) is 0 Å². The van der Waals surface area contributed by atoms with Crippen LogP contribution in [0.4, 0.5) is 0 Å². The Kier molecular flexibility index (Phi) is 5.69. The van der Waals surface area contributed by atoms with Gasteiger partial charge in [-0.3, -0.25) is 19.1 Å². The first kappa shape index (κ1) is 23.1. The van der Waals surface area contributed by atoms with Crippen molar-refractivity contribution in [2.45, 2.75) is 24.4 Å². The number of carbonyl (C=O) groups excluding carboxylic acids is 2. The first-order chi connectivity index (χ1) is 17.4. The number of likely N-dealkylation sites (tertiary alicyclic amines) is 2. The van der Waals surface area contributed by atoms with E-state index in [2.05, 4.69) is 27.7 Å². The standard InChI is InChI=1S/C25H24N8O3/c1-4-22(34)31-15-25(16-31,27-2)24(35)30-7-5-20(6-8-30)32-14-19(12-28-32)17-9-21(36-3)23-18(10-26)11-29-33(23)13-17/h4,9,11-14,20H,1,5-8,15-16H2,3H3. The van der Waals surface area contributed by atoms with E-state index >= 15 is 0 Å². The van der Waals surface area contributed by atoms with E-state index in [1.807, 2.05) is 23.1 Å². The fourth-order valence-electron chi connectivity index (χ4n) is 4.92. The molecule has 2 amide bonds. The normalized spacial score (nSPS) is 17.2. The number of amides is 2. The Hall–Kier alpha value is -4.64. The number of fused-ring (bicyclic) bond motifs is 1. The van der Waals surface area contributed by atoms with Crippen molar-refractivity contribution in [2.75, 3.05) is 33.3 Å². The highest BCUT2D eigenvalue weighted by molar-refractivity contribution is 5.95. The number of piperidine rings is 1. The largest absolute Gasteiger partial charge is 0.494 e. The van der Waals surface area contributed by atoms with Gasteiger partial charge < -0.3 is 14.5 Å². The van der Waals surface area contributed by atoms with Crippen LogP contribution in [0.1, 0.15) is 24.4 Å². The number of carbonyl (C=O) groups is 2. The summed E-state index contributed by atoms with van der Waals surface area (Å²) in [4.78, 5) is 31.7.